The van der Waals surface area contributed by atoms with Crippen LogP contribution in [0.3, 0.4) is 0 Å². The zero-order chi connectivity index (χ0) is 21.6. The highest BCUT2D eigenvalue weighted by molar-refractivity contribution is 7.90. The molecule has 0 amide bonds. The quantitative estimate of drug-likeness (QED) is 0.596. The zero-order valence-corrected chi connectivity index (χ0v) is 18.9. The molecule has 1 atom stereocenters. The molecule has 1 heterocycles. The van der Waals surface area contributed by atoms with Gasteiger partial charge in [0, 0.05) is 38.5 Å². The second kappa shape index (κ2) is 10.2. The lowest BCUT2D eigenvalue weighted by Gasteiger charge is -2.26. The lowest BCUT2D eigenvalue weighted by Crippen LogP contribution is -2.36. The Labute approximate surface area is 180 Å². The van der Waals surface area contributed by atoms with Gasteiger partial charge in [-0.25, -0.2) is 8.42 Å². The van der Waals surface area contributed by atoms with Crippen LogP contribution in [0.5, 0.6) is 11.5 Å². The van der Waals surface area contributed by atoms with E-state index >= 15 is 0 Å². The van der Waals surface area contributed by atoms with Gasteiger partial charge in [-0.2, -0.15) is 0 Å². The molecular weight excluding hydrogens is 400 g/mol. The molecule has 0 unspecified atom stereocenters. The Morgan fingerprint density at radius 1 is 1.03 bits per heavy atom. The van der Waals surface area contributed by atoms with Crippen LogP contribution in [0.15, 0.2) is 53.4 Å². The van der Waals surface area contributed by atoms with Crippen LogP contribution in [-0.4, -0.2) is 65.5 Å². The maximum atomic E-state index is 11.5. The summed E-state index contributed by atoms with van der Waals surface area (Å²) in [6.45, 7) is 6.86. The molecule has 2 aromatic carbocycles. The molecule has 0 saturated carbocycles. The molecule has 0 spiro atoms. The summed E-state index contributed by atoms with van der Waals surface area (Å²) in [6, 6.07) is 15.3. The molecule has 0 radical (unpaired) electrons. The fourth-order valence-corrected chi connectivity index (χ4v) is 4.44. The SMILES string of the molecule is COc1ccccc1N1CC[C@@H](C)N(CCCOc2ccc(S(C)(=O)=O)cc2)CC1. The Kier molecular flexibility index (Phi) is 7.61. The fourth-order valence-electron chi connectivity index (χ4n) is 3.81. The summed E-state index contributed by atoms with van der Waals surface area (Å²) >= 11 is 0. The van der Waals surface area contributed by atoms with Crippen molar-refractivity contribution in [3.8, 4) is 11.5 Å². The van der Waals surface area contributed by atoms with Crippen molar-refractivity contribution >= 4 is 15.5 Å². The van der Waals surface area contributed by atoms with Crippen molar-refractivity contribution in [2.75, 3.05) is 51.1 Å². The molecule has 164 valence electrons. The summed E-state index contributed by atoms with van der Waals surface area (Å²) in [5.74, 6) is 1.63. The molecule has 0 aromatic heterocycles. The van der Waals surface area contributed by atoms with Gasteiger partial charge in [-0.1, -0.05) is 12.1 Å². The summed E-state index contributed by atoms with van der Waals surface area (Å²) in [7, 11) is -1.45. The smallest absolute Gasteiger partial charge is 0.175 e. The van der Waals surface area contributed by atoms with E-state index in [1.54, 1.807) is 31.4 Å². The second-order valence-corrected chi connectivity index (χ2v) is 9.79. The predicted molar refractivity (Wildman–Crippen MR) is 121 cm³/mol. The van der Waals surface area contributed by atoms with Crippen LogP contribution in [-0.2, 0) is 9.84 Å². The topological polar surface area (TPSA) is 59.1 Å². The summed E-state index contributed by atoms with van der Waals surface area (Å²) in [5, 5.41) is 0. The monoisotopic (exact) mass is 432 g/mol. The Bertz CT molecular complexity index is 915. The van der Waals surface area contributed by atoms with E-state index in [4.69, 9.17) is 9.47 Å². The number of para-hydroxylation sites is 2. The Hall–Kier alpha value is -2.25. The number of anilines is 1. The molecular formula is C23H32N2O4S. The van der Waals surface area contributed by atoms with E-state index in [0.717, 1.165) is 50.5 Å². The molecule has 6 nitrogen and oxygen atoms in total. The minimum atomic E-state index is -3.17. The van der Waals surface area contributed by atoms with Crippen LogP contribution in [0.1, 0.15) is 19.8 Å². The van der Waals surface area contributed by atoms with E-state index in [2.05, 4.69) is 28.9 Å². The van der Waals surface area contributed by atoms with Crippen LogP contribution < -0.4 is 14.4 Å². The van der Waals surface area contributed by atoms with E-state index in [1.165, 1.54) is 6.26 Å². The number of nitrogens with zero attached hydrogens (tertiary/aromatic N) is 2. The molecule has 30 heavy (non-hydrogen) atoms. The minimum Gasteiger partial charge on any atom is -0.495 e. The molecule has 1 aliphatic rings. The van der Waals surface area contributed by atoms with Crippen molar-refractivity contribution in [3.63, 3.8) is 0 Å². The van der Waals surface area contributed by atoms with Crippen molar-refractivity contribution in [1.29, 1.82) is 0 Å². The van der Waals surface area contributed by atoms with Gasteiger partial charge < -0.3 is 14.4 Å². The average Bonchev–Trinajstić information content (AvgIpc) is 2.92. The van der Waals surface area contributed by atoms with Gasteiger partial charge in [0.25, 0.3) is 0 Å². The van der Waals surface area contributed by atoms with E-state index in [0.29, 0.717) is 23.3 Å². The minimum absolute atomic E-state index is 0.313. The van der Waals surface area contributed by atoms with Gasteiger partial charge in [-0.15, -0.1) is 0 Å². The maximum Gasteiger partial charge on any atom is 0.175 e. The van der Waals surface area contributed by atoms with Gasteiger partial charge in [-0.3, -0.25) is 4.90 Å². The largest absolute Gasteiger partial charge is 0.495 e. The first-order chi connectivity index (χ1) is 14.4. The number of benzene rings is 2. The molecule has 7 heteroatoms. The van der Waals surface area contributed by atoms with Crippen molar-refractivity contribution < 1.29 is 17.9 Å². The first-order valence-electron chi connectivity index (χ1n) is 10.4. The summed E-state index contributed by atoms with van der Waals surface area (Å²) in [5.41, 5.74) is 1.16. The number of ether oxygens (including phenoxy) is 2. The van der Waals surface area contributed by atoms with Gasteiger partial charge in [0.15, 0.2) is 9.84 Å². The first kappa shape index (κ1) is 22.4. The standard InChI is InChI=1S/C23H32N2O4S/c1-19-13-15-25(22-7-4-5-8-23(22)28-2)17-16-24(19)14-6-18-29-20-9-11-21(12-10-20)30(3,26)27/h4-5,7-12,19H,6,13-18H2,1-3H3/t19-/m1/s1. The third kappa shape index (κ3) is 5.89. The van der Waals surface area contributed by atoms with Crippen molar-refractivity contribution in [2.24, 2.45) is 0 Å². The molecule has 0 N–H and O–H groups in total. The van der Waals surface area contributed by atoms with Gasteiger partial charge in [0.05, 0.1) is 24.3 Å². The van der Waals surface area contributed by atoms with Gasteiger partial charge in [-0.05, 0) is 56.2 Å². The highest BCUT2D eigenvalue weighted by Crippen LogP contribution is 2.29. The Morgan fingerprint density at radius 2 is 1.77 bits per heavy atom. The van der Waals surface area contributed by atoms with Crippen molar-refractivity contribution in [1.82, 2.24) is 4.90 Å². The van der Waals surface area contributed by atoms with Crippen LogP contribution in [0.25, 0.3) is 0 Å². The van der Waals surface area contributed by atoms with Crippen molar-refractivity contribution in [2.45, 2.75) is 30.7 Å². The van der Waals surface area contributed by atoms with Crippen LogP contribution in [0, 0.1) is 0 Å². The Balaban J connectivity index is 1.48. The number of sulfone groups is 1. The third-order valence-electron chi connectivity index (χ3n) is 5.63. The van der Waals surface area contributed by atoms with Gasteiger partial charge in [0.2, 0.25) is 0 Å². The zero-order valence-electron chi connectivity index (χ0n) is 18.1. The lowest BCUT2D eigenvalue weighted by atomic mass is 10.2. The summed E-state index contributed by atoms with van der Waals surface area (Å²) in [4.78, 5) is 5.24. The van der Waals surface area contributed by atoms with Gasteiger partial charge in [0.1, 0.15) is 11.5 Å². The number of rotatable bonds is 8. The lowest BCUT2D eigenvalue weighted by molar-refractivity contribution is 0.197. The van der Waals surface area contributed by atoms with E-state index in [9.17, 15) is 8.42 Å². The molecule has 0 bridgehead atoms. The predicted octanol–water partition coefficient (Wildman–Crippen LogP) is 3.47. The number of hydrogen-bond donors (Lipinski definition) is 0. The average molecular weight is 433 g/mol. The van der Waals surface area contributed by atoms with Crippen molar-refractivity contribution in [3.05, 3.63) is 48.5 Å². The highest BCUT2D eigenvalue weighted by Gasteiger charge is 2.22. The van der Waals surface area contributed by atoms with E-state index < -0.39 is 9.84 Å². The highest BCUT2D eigenvalue weighted by atomic mass is 32.2. The van der Waals surface area contributed by atoms with Gasteiger partial charge >= 0.3 is 0 Å². The normalized spacial score (nSPS) is 18.1. The second-order valence-electron chi connectivity index (χ2n) is 7.78. The van der Waals surface area contributed by atoms with Crippen LogP contribution >= 0.6 is 0 Å². The van der Waals surface area contributed by atoms with E-state index in [1.807, 2.05) is 12.1 Å². The molecule has 1 fully saturated rings. The molecule has 0 aliphatic carbocycles. The third-order valence-corrected chi connectivity index (χ3v) is 6.76. The van der Waals surface area contributed by atoms with Crippen LogP contribution in [0.4, 0.5) is 5.69 Å². The molecule has 1 saturated heterocycles. The summed E-state index contributed by atoms with van der Waals surface area (Å²) < 4.78 is 34.4. The maximum absolute atomic E-state index is 11.5. The fraction of sp³-hybridized carbons (Fsp3) is 0.478. The van der Waals surface area contributed by atoms with Crippen LogP contribution in [0.2, 0.25) is 0 Å². The first-order valence-corrected chi connectivity index (χ1v) is 12.3. The Morgan fingerprint density at radius 3 is 2.47 bits per heavy atom. The van der Waals surface area contributed by atoms with E-state index in [-0.39, 0.29) is 0 Å². The molecule has 2 aromatic rings. The molecule has 3 rings (SSSR count). The number of hydrogen-bond acceptors (Lipinski definition) is 6. The number of methoxy groups -OCH3 is 1. The molecule has 1 aliphatic heterocycles. The summed E-state index contributed by atoms with van der Waals surface area (Å²) in [6.07, 6.45) is 3.24.